The highest BCUT2D eigenvalue weighted by Gasteiger charge is 2.50. The first-order valence-corrected chi connectivity index (χ1v) is 9.86. The van der Waals surface area contributed by atoms with Crippen LogP contribution in [0.4, 0.5) is 5.13 Å². The van der Waals surface area contributed by atoms with E-state index < -0.39 is 5.97 Å². The third-order valence-electron chi connectivity index (χ3n) is 5.17. The quantitative estimate of drug-likeness (QED) is 0.608. The van der Waals surface area contributed by atoms with Gasteiger partial charge in [-0.2, -0.15) is 0 Å². The number of nitrogens with zero attached hydrogens (tertiary/aromatic N) is 2. The molecule has 1 aromatic rings. The molecule has 0 radical (unpaired) electrons. The Morgan fingerprint density at radius 2 is 2.23 bits per heavy atom. The molecule has 1 saturated heterocycles. The van der Waals surface area contributed by atoms with Crippen molar-refractivity contribution in [3.05, 3.63) is 23.7 Å². The lowest BCUT2D eigenvalue weighted by molar-refractivity contribution is -0.135. The fourth-order valence-electron chi connectivity index (χ4n) is 4.64. The van der Waals surface area contributed by atoms with Gasteiger partial charge in [0, 0.05) is 24.5 Å². The van der Waals surface area contributed by atoms with Gasteiger partial charge in [-0.05, 0) is 30.1 Å². The van der Waals surface area contributed by atoms with Crippen LogP contribution in [-0.4, -0.2) is 47.5 Å². The van der Waals surface area contributed by atoms with Gasteiger partial charge in [0.15, 0.2) is 17.4 Å². The van der Waals surface area contributed by atoms with Crippen molar-refractivity contribution >= 4 is 28.3 Å². The summed E-state index contributed by atoms with van der Waals surface area (Å²) in [6.45, 7) is 11.5. The maximum Gasteiger partial charge on any atom is 0.358 e. The van der Waals surface area contributed by atoms with Crippen molar-refractivity contribution in [1.29, 1.82) is 0 Å². The molecule has 2 heterocycles. The first-order valence-electron chi connectivity index (χ1n) is 8.98. The lowest BCUT2D eigenvalue weighted by Crippen LogP contribution is -2.39. The minimum absolute atomic E-state index is 0.106. The molecule has 2 bridgehead atoms. The standard InChI is InChI=1S/C19H27N3O3S/c1-5-6-20-17-21-14(10-26-17)16(24)25-9-15(23)22-12-19(4)8-13(22)7-18(2,3)11-19/h5,10,13H,1,6-9,11-12H2,2-4H3,(H,20,21)/t13-,19-/m0/s1. The smallest absolute Gasteiger partial charge is 0.358 e. The van der Waals surface area contributed by atoms with Gasteiger partial charge in [-0.25, -0.2) is 9.78 Å². The summed E-state index contributed by atoms with van der Waals surface area (Å²) in [7, 11) is 0. The molecule has 142 valence electrons. The number of amides is 1. The molecule has 7 heteroatoms. The van der Waals surface area contributed by atoms with Gasteiger partial charge >= 0.3 is 5.97 Å². The number of esters is 1. The largest absolute Gasteiger partial charge is 0.451 e. The predicted octanol–water partition coefficient (Wildman–Crippen LogP) is 3.33. The summed E-state index contributed by atoms with van der Waals surface area (Å²) in [4.78, 5) is 30.9. The molecular weight excluding hydrogens is 350 g/mol. The average molecular weight is 378 g/mol. The SMILES string of the molecule is C=CCNc1nc(C(=O)OCC(=O)N2C[C@@]3(C)C[C@@H]2CC(C)(C)C3)cs1. The van der Waals surface area contributed by atoms with Gasteiger partial charge in [-0.3, -0.25) is 4.79 Å². The van der Waals surface area contributed by atoms with E-state index in [1.54, 1.807) is 11.5 Å². The molecule has 26 heavy (non-hydrogen) atoms. The normalized spacial score (nSPS) is 26.4. The van der Waals surface area contributed by atoms with Crippen LogP contribution in [0, 0.1) is 10.8 Å². The lowest BCUT2D eigenvalue weighted by atomic mass is 9.65. The number of carbonyl (C=O) groups is 2. The summed E-state index contributed by atoms with van der Waals surface area (Å²) in [5.74, 6) is -0.667. The Morgan fingerprint density at radius 3 is 2.96 bits per heavy atom. The topological polar surface area (TPSA) is 71.5 Å². The fraction of sp³-hybridized carbons (Fsp3) is 0.632. The van der Waals surface area contributed by atoms with Crippen molar-refractivity contribution in [2.45, 2.75) is 46.1 Å². The lowest BCUT2D eigenvalue weighted by Gasteiger charge is -2.39. The van der Waals surface area contributed by atoms with Crippen LogP contribution in [0.1, 0.15) is 50.5 Å². The number of ether oxygens (including phenoxy) is 1. The van der Waals surface area contributed by atoms with Crippen LogP contribution in [0.3, 0.4) is 0 Å². The van der Waals surface area contributed by atoms with Crippen LogP contribution in [0.2, 0.25) is 0 Å². The molecule has 2 fully saturated rings. The van der Waals surface area contributed by atoms with Gasteiger partial charge in [0.1, 0.15) is 0 Å². The second-order valence-corrected chi connectivity index (χ2v) is 9.38. The fourth-order valence-corrected chi connectivity index (χ4v) is 5.33. The second kappa shape index (κ2) is 7.02. The molecule has 2 atom stereocenters. The van der Waals surface area contributed by atoms with Crippen LogP contribution in [0.25, 0.3) is 0 Å². The summed E-state index contributed by atoms with van der Waals surface area (Å²) in [6, 6.07) is 0.254. The molecule has 0 aromatic carbocycles. The average Bonchev–Trinajstić information content (AvgIpc) is 3.11. The summed E-state index contributed by atoms with van der Waals surface area (Å²) in [5, 5.41) is 5.28. The molecule has 0 unspecified atom stereocenters. The van der Waals surface area contributed by atoms with Crippen molar-refractivity contribution in [1.82, 2.24) is 9.88 Å². The molecule has 1 amide bonds. The summed E-state index contributed by atoms with van der Waals surface area (Å²) < 4.78 is 5.22. The number of fused-ring (bicyclic) bond motifs is 2. The number of nitrogens with one attached hydrogen (secondary N) is 1. The zero-order chi connectivity index (χ0) is 18.9. The first-order chi connectivity index (χ1) is 12.2. The van der Waals surface area contributed by atoms with Crippen LogP contribution in [-0.2, 0) is 9.53 Å². The van der Waals surface area contributed by atoms with E-state index >= 15 is 0 Å². The first kappa shape index (κ1) is 18.9. The molecule has 3 rings (SSSR count). The Hall–Kier alpha value is -1.89. The molecule has 1 aromatic heterocycles. The van der Waals surface area contributed by atoms with Crippen LogP contribution in [0.5, 0.6) is 0 Å². The summed E-state index contributed by atoms with van der Waals surface area (Å²) >= 11 is 1.32. The van der Waals surface area contributed by atoms with E-state index in [0.717, 1.165) is 25.8 Å². The molecule has 1 saturated carbocycles. The molecule has 1 N–H and O–H groups in total. The van der Waals surface area contributed by atoms with Crippen molar-refractivity contribution < 1.29 is 14.3 Å². The van der Waals surface area contributed by atoms with Crippen LogP contribution >= 0.6 is 11.3 Å². The van der Waals surface area contributed by atoms with E-state index in [-0.39, 0.29) is 35.1 Å². The van der Waals surface area contributed by atoms with E-state index in [2.05, 4.69) is 37.7 Å². The molecule has 1 aliphatic carbocycles. The van der Waals surface area contributed by atoms with E-state index in [1.165, 1.54) is 11.3 Å². The Balaban J connectivity index is 1.55. The van der Waals surface area contributed by atoms with Gasteiger partial charge in [-0.1, -0.05) is 26.8 Å². The zero-order valence-corrected chi connectivity index (χ0v) is 16.5. The van der Waals surface area contributed by atoms with Crippen LogP contribution in [0.15, 0.2) is 18.0 Å². The van der Waals surface area contributed by atoms with Crippen molar-refractivity contribution in [3.63, 3.8) is 0 Å². The van der Waals surface area contributed by atoms with E-state index in [9.17, 15) is 9.59 Å². The highest BCUT2D eigenvalue weighted by molar-refractivity contribution is 7.13. The van der Waals surface area contributed by atoms with Gasteiger partial charge in [0.25, 0.3) is 5.91 Å². The van der Waals surface area contributed by atoms with E-state index in [0.29, 0.717) is 11.7 Å². The Bertz CT molecular complexity index is 715. The number of carbonyl (C=O) groups excluding carboxylic acids is 2. The Kier molecular flexibility index (Phi) is 5.10. The van der Waals surface area contributed by atoms with Crippen LogP contribution < -0.4 is 5.32 Å². The molecule has 1 aliphatic heterocycles. The number of aromatic nitrogens is 1. The molecule has 6 nitrogen and oxygen atoms in total. The van der Waals surface area contributed by atoms with Gasteiger partial charge < -0.3 is 15.0 Å². The van der Waals surface area contributed by atoms with Crippen molar-refractivity contribution in [3.8, 4) is 0 Å². The highest BCUT2D eigenvalue weighted by atomic mass is 32.1. The predicted molar refractivity (Wildman–Crippen MR) is 102 cm³/mol. The zero-order valence-electron chi connectivity index (χ0n) is 15.7. The maximum absolute atomic E-state index is 12.6. The van der Waals surface area contributed by atoms with Gasteiger partial charge in [0.05, 0.1) is 0 Å². The number of rotatable bonds is 6. The van der Waals surface area contributed by atoms with Crippen molar-refractivity contribution in [2.75, 3.05) is 25.0 Å². The number of thiazole rings is 1. The molecule has 0 spiro atoms. The third kappa shape index (κ3) is 4.09. The summed E-state index contributed by atoms with van der Waals surface area (Å²) in [5.41, 5.74) is 0.647. The Morgan fingerprint density at radius 1 is 1.46 bits per heavy atom. The van der Waals surface area contributed by atoms with Gasteiger partial charge in [0.2, 0.25) is 0 Å². The second-order valence-electron chi connectivity index (χ2n) is 8.52. The minimum atomic E-state index is -0.560. The Labute approximate surface area is 158 Å². The number of hydrogen-bond donors (Lipinski definition) is 1. The summed E-state index contributed by atoms with van der Waals surface area (Å²) in [6.07, 6.45) is 4.89. The number of likely N-dealkylation sites (tertiary alicyclic amines) is 1. The number of hydrogen-bond acceptors (Lipinski definition) is 6. The molecular formula is C19H27N3O3S. The van der Waals surface area contributed by atoms with E-state index in [4.69, 9.17) is 4.74 Å². The minimum Gasteiger partial charge on any atom is -0.451 e. The van der Waals surface area contributed by atoms with Crippen molar-refractivity contribution in [2.24, 2.45) is 10.8 Å². The monoisotopic (exact) mass is 377 g/mol. The highest BCUT2D eigenvalue weighted by Crippen LogP contribution is 2.52. The molecule has 2 aliphatic rings. The van der Waals surface area contributed by atoms with Gasteiger partial charge in [-0.15, -0.1) is 17.9 Å². The third-order valence-corrected chi connectivity index (χ3v) is 5.97. The number of anilines is 1. The maximum atomic E-state index is 12.6. The van der Waals surface area contributed by atoms with E-state index in [1.807, 2.05) is 4.90 Å².